The van der Waals surface area contributed by atoms with E-state index in [4.69, 9.17) is 13.9 Å². The summed E-state index contributed by atoms with van der Waals surface area (Å²) in [5.41, 5.74) is 2.61. The van der Waals surface area contributed by atoms with Crippen LogP contribution in [-0.2, 0) is 11.3 Å². The Bertz CT molecular complexity index is 789. The van der Waals surface area contributed by atoms with Crippen LogP contribution in [0.2, 0.25) is 0 Å². The number of rotatable bonds is 4. The third-order valence-electron chi connectivity index (χ3n) is 3.47. The fraction of sp³-hybridized carbons (Fsp3) is 0.353. The molecule has 110 valence electrons. The van der Waals surface area contributed by atoms with Gasteiger partial charge in [0.1, 0.15) is 29.2 Å². The zero-order valence-electron chi connectivity index (χ0n) is 12.8. The summed E-state index contributed by atoms with van der Waals surface area (Å²) in [4.78, 5) is 4.66. The lowest BCUT2D eigenvalue weighted by Gasteiger charge is -2.06. The van der Waals surface area contributed by atoms with Crippen LogP contribution >= 0.6 is 0 Å². The number of para-hydroxylation sites is 1. The largest absolute Gasteiger partial charge is 0.494 e. The number of hydrogen-bond donors (Lipinski definition) is 0. The predicted molar refractivity (Wildman–Crippen MR) is 82.7 cm³/mol. The first kappa shape index (κ1) is 13.9. The van der Waals surface area contributed by atoms with E-state index in [1.165, 1.54) is 0 Å². The number of aromatic nitrogens is 1. The fourth-order valence-electron chi connectivity index (χ4n) is 2.44. The third-order valence-corrected chi connectivity index (χ3v) is 3.47. The molecule has 0 radical (unpaired) electrons. The summed E-state index contributed by atoms with van der Waals surface area (Å²) in [5.74, 6) is 1.58. The van der Waals surface area contributed by atoms with Gasteiger partial charge < -0.3 is 13.9 Å². The van der Waals surface area contributed by atoms with Crippen molar-refractivity contribution in [1.82, 2.24) is 4.98 Å². The summed E-state index contributed by atoms with van der Waals surface area (Å²) in [7, 11) is 1.65. The minimum Gasteiger partial charge on any atom is -0.494 e. The van der Waals surface area contributed by atoms with E-state index in [1.807, 2.05) is 45.0 Å². The van der Waals surface area contributed by atoms with Crippen LogP contribution in [0.4, 0.5) is 0 Å². The summed E-state index contributed by atoms with van der Waals surface area (Å²) >= 11 is 0. The lowest BCUT2D eigenvalue weighted by molar-refractivity contribution is 0.0554. The minimum atomic E-state index is 0.175. The van der Waals surface area contributed by atoms with Gasteiger partial charge in [0, 0.05) is 16.5 Å². The minimum absolute atomic E-state index is 0.175. The standard InChI is InChI=1S/C17H19NO3/c1-10(2)20-9-12-8-14-11(3)18-16-13(17(14)21-12)6-5-7-15(16)19-4/h5-8,10H,9H2,1-4H3. The second-order valence-electron chi connectivity index (χ2n) is 5.37. The Kier molecular flexibility index (Phi) is 3.55. The molecule has 0 N–H and O–H groups in total. The molecule has 0 saturated carbocycles. The molecule has 4 heteroatoms. The molecule has 0 aliphatic carbocycles. The van der Waals surface area contributed by atoms with Crippen LogP contribution in [-0.4, -0.2) is 18.2 Å². The zero-order valence-corrected chi connectivity index (χ0v) is 12.8. The second kappa shape index (κ2) is 5.37. The number of aryl methyl sites for hydroxylation is 1. The van der Waals surface area contributed by atoms with Gasteiger partial charge in [0.05, 0.1) is 13.2 Å². The highest BCUT2D eigenvalue weighted by molar-refractivity contribution is 6.05. The maximum atomic E-state index is 5.99. The summed E-state index contributed by atoms with van der Waals surface area (Å²) in [6.45, 7) is 6.47. The van der Waals surface area contributed by atoms with E-state index in [2.05, 4.69) is 4.98 Å². The average Bonchev–Trinajstić information content (AvgIpc) is 2.90. The van der Waals surface area contributed by atoms with Gasteiger partial charge in [-0.1, -0.05) is 6.07 Å². The van der Waals surface area contributed by atoms with Crippen LogP contribution in [0.3, 0.4) is 0 Å². The van der Waals surface area contributed by atoms with Gasteiger partial charge in [-0.2, -0.15) is 0 Å². The Morgan fingerprint density at radius 2 is 2.05 bits per heavy atom. The van der Waals surface area contributed by atoms with E-state index in [9.17, 15) is 0 Å². The first-order valence-corrected chi connectivity index (χ1v) is 7.07. The summed E-state index contributed by atoms with van der Waals surface area (Å²) in [6, 6.07) is 7.87. The van der Waals surface area contributed by atoms with Gasteiger partial charge in [0.25, 0.3) is 0 Å². The van der Waals surface area contributed by atoms with Gasteiger partial charge in [-0.15, -0.1) is 0 Å². The number of methoxy groups -OCH3 is 1. The molecule has 21 heavy (non-hydrogen) atoms. The van der Waals surface area contributed by atoms with E-state index in [0.29, 0.717) is 6.61 Å². The van der Waals surface area contributed by atoms with Gasteiger partial charge in [-0.25, -0.2) is 4.98 Å². The van der Waals surface area contributed by atoms with Gasteiger partial charge in [-0.3, -0.25) is 0 Å². The van der Waals surface area contributed by atoms with Crippen LogP contribution in [0.25, 0.3) is 21.9 Å². The van der Waals surface area contributed by atoms with Crippen LogP contribution in [0, 0.1) is 6.92 Å². The molecule has 0 unspecified atom stereocenters. The van der Waals surface area contributed by atoms with Crippen LogP contribution in [0.1, 0.15) is 25.3 Å². The van der Waals surface area contributed by atoms with E-state index in [1.54, 1.807) is 7.11 Å². The number of nitrogens with zero attached hydrogens (tertiary/aromatic N) is 1. The highest BCUT2D eigenvalue weighted by atomic mass is 16.5. The van der Waals surface area contributed by atoms with E-state index in [0.717, 1.165) is 39.1 Å². The van der Waals surface area contributed by atoms with Gasteiger partial charge in [-0.05, 0) is 39.0 Å². The smallest absolute Gasteiger partial charge is 0.145 e. The molecule has 0 fully saturated rings. The molecular weight excluding hydrogens is 266 g/mol. The Morgan fingerprint density at radius 3 is 2.76 bits per heavy atom. The number of benzene rings is 1. The van der Waals surface area contributed by atoms with E-state index >= 15 is 0 Å². The number of fused-ring (bicyclic) bond motifs is 3. The van der Waals surface area contributed by atoms with Crippen molar-refractivity contribution in [2.75, 3.05) is 7.11 Å². The summed E-state index contributed by atoms with van der Waals surface area (Å²) < 4.78 is 17.0. The van der Waals surface area contributed by atoms with E-state index < -0.39 is 0 Å². The molecule has 0 saturated heterocycles. The topological polar surface area (TPSA) is 44.5 Å². The van der Waals surface area contributed by atoms with E-state index in [-0.39, 0.29) is 6.10 Å². The monoisotopic (exact) mass is 285 g/mol. The zero-order chi connectivity index (χ0) is 15.0. The molecule has 0 spiro atoms. The average molecular weight is 285 g/mol. The highest BCUT2D eigenvalue weighted by Gasteiger charge is 2.14. The van der Waals surface area contributed by atoms with Gasteiger partial charge >= 0.3 is 0 Å². The normalized spacial score (nSPS) is 11.7. The highest BCUT2D eigenvalue weighted by Crippen LogP contribution is 2.33. The predicted octanol–water partition coefficient (Wildman–Crippen LogP) is 4.22. The SMILES string of the molecule is COc1cccc2c1nc(C)c1cc(COC(C)C)oc12. The van der Waals surface area contributed by atoms with Gasteiger partial charge in [0.15, 0.2) is 0 Å². The number of pyridine rings is 1. The molecule has 4 nitrogen and oxygen atoms in total. The molecule has 2 heterocycles. The Balaban J connectivity index is 2.19. The lowest BCUT2D eigenvalue weighted by atomic mass is 10.1. The van der Waals surface area contributed by atoms with Crippen molar-refractivity contribution >= 4 is 21.9 Å². The Labute approximate surface area is 123 Å². The molecule has 2 aromatic heterocycles. The molecule has 0 bridgehead atoms. The van der Waals surface area contributed by atoms with Crippen molar-refractivity contribution in [1.29, 1.82) is 0 Å². The fourth-order valence-corrected chi connectivity index (χ4v) is 2.44. The molecule has 3 rings (SSSR count). The van der Waals surface area contributed by atoms with Crippen molar-refractivity contribution in [2.24, 2.45) is 0 Å². The molecule has 0 amide bonds. The third kappa shape index (κ3) is 2.47. The number of hydrogen-bond acceptors (Lipinski definition) is 4. The van der Waals surface area contributed by atoms with Crippen LogP contribution in [0.15, 0.2) is 28.7 Å². The first-order valence-electron chi connectivity index (χ1n) is 7.07. The van der Waals surface area contributed by atoms with Crippen molar-refractivity contribution in [3.63, 3.8) is 0 Å². The van der Waals surface area contributed by atoms with Crippen molar-refractivity contribution in [3.8, 4) is 5.75 Å². The molecule has 0 aliphatic heterocycles. The maximum Gasteiger partial charge on any atom is 0.145 e. The maximum absolute atomic E-state index is 5.99. The Morgan fingerprint density at radius 1 is 1.24 bits per heavy atom. The second-order valence-corrected chi connectivity index (χ2v) is 5.37. The van der Waals surface area contributed by atoms with Crippen molar-refractivity contribution in [2.45, 2.75) is 33.5 Å². The summed E-state index contributed by atoms with van der Waals surface area (Å²) in [5, 5.41) is 1.99. The summed E-state index contributed by atoms with van der Waals surface area (Å²) in [6.07, 6.45) is 0.175. The first-order chi connectivity index (χ1) is 10.1. The van der Waals surface area contributed by atoms with Crippen molar-refractivity contribution in [3.05, 3.63) is 35.7 Å². The number of ether oxygens (including phenoxy) is 2. The molecular formula is C17H19NO3. The van der Waals surface area contributed by atoms with Gasteiger partial charge in [0.2, 0.25) is 0 Å². The molecule has 3 aromatic rings. The molecule has 0 aliphatic rings. The molecule has 0 atom stereocenters. The lowest BCUT2D eigenvalue weighted by Crippen LogP contribution is -2.01. The van der Waals surface area contributed by atoms with Crippen LogP contribution < -0.4 is 4.74 Å². The van der Waals surface area contributed by atoms with Crippen molar-refractivity contribution < 1.29 is 13.9 Å². The van der Waals surface area contributed by atoms with Crippen LogP contribution in [0.5, 0.6) is 5.75 Å². The Hall–Kier alpha value is -2.07. The number of furan rings is 1. The molecule has 1 aromatic carbocycles. The quantitative estimate of drug-likeness (QED) is 0.719.